The molecule has 7 N–H and O–H groups in total. The predicted octanol–water partition coefficient (Wildman–Crippen LogP) is 2.58. The summed E-state index contributed by atoms with van der Waals surface area (Å²) in [5.41, 5.74) is 18.6. The van der Waals surface area contributed by atoms with Crippen LogP contribution in [0.15, 0.2) is 63.0 Å². The predicted molar refractivity (Wildman–Crippen MR) is 109 cm³/mol. The summed E-state index contributed by atoms with van der Waals surface area (Å²) in [6.45, 7) is 0. The van der Waals surface area contributed by atoms with Gasteiger partial charge in [0.1, 0.15) is 0 Å². The van der Waals surface area contributed by atoms with Gasteiger partial charge in [0.2, 0.25) is 5.96 Å². The van der Waals surface area contributed by atoms with Gasteiger partial charge < -0.3 is 22.3 Å². The lowest BCUT2D eigenvalue weighted by atomic mass is 10.0. The average molecular weight is 427 g/mol. The molecule has 0 atom stereocenters. The van der Waals surface area contributed by atoms with E-state index in [1.54, 1.807) is 42.5 Å². The number of carboxylic acid groups (broad SMARTS) is 1. The van der Waals surface area contributed by atoms with Crippen LogP contribution in [-0.2, 0) is 0 Å². The summed E-state index contributed by atoms with van der Waals surface area (Å²) in [7, 11) is 0. The van der Waals surface area contributed by atoms with Gasteiger partial charge in [-0.05, 0) is 36.4 Å². The molecule has 27 heavy (non-hydrogen) atoms. The number of rotatable bonds is 3. The quantitative estimate of drug-likeness (QED) is 0.372. The minimum atomic E-state index is -1.03. The van der Waals surface area contributed by atoms with Gasteiger partial charge in [-0.15, -0.1) is 0 Å². The van der Waals surface area contributed by atoms with Gasteiger partial charge in [0.25, 0.3) is 0 Å². The maximum atomic E-state index is 11.7. The molecular formula is C18H15BrN6O2. The van der Waals surface area contributed by atoms with Gasteiger partial charge in [0.05, 0.1) is 22.5 Å². The number of aromatic nitrogens is 1. The lowest BCUT2D eigenvalue weighted by Gasteiger charge is -2.08. The van der Waals surface area contributed by atoms with Crippen LogP contribution >= 0.6 is 15.9 Å². The van der Waals surface area contributed by atoms with Crippen LogP contribution in [0.25, 0.3) is 22.2 Å². The highest BCUT2D eigenvalue weighted by atomic mass is 79.9. The van der Waals surface area contributed by atoms with Crippen molar-refractivity contribution in [1.29, 1.82) is 0 Å². The maximum absolute atomic E-state index is 11.7. The second-order valence-electron chi connectivity index (χ2n) is 5.58. The van der Waals surface area contributed by atoms with Crippen molar-refractivity contribution in [2.24, 2.45) is 27.2 Å². The van der Waals surface area contributed by atoms with E-state index in [9.17, 15) is 9.90 Å². The summed E-state index contributed by atoms with van der Waals surface area (Å²) >= 11 is 3.35. The lowest BCUT2D eigenvalue weighted by molar-refractivity contribution is 0.0699. The second-order valence-corrected chi connectivity index (χ2v) is 6.49. The molecule has 0 fully saturated rings. The highest BCUT2D eigenvalue weighted by Gasteiger charge is 2.13. The van der Waals surface area contributed by atoms with E-state index >= 15 is 0 Å². The van der Waals surface area contributed by atoms with Crippen LogP contribution in [-0.4, -0.2) is 28.0 Å². The molecule has 0 saturated carbocycles. The fourth-order valence-corrected chi connectivity index (χ4v) is 2.91. The second kappa shape index (κ2) is 7.42. The van der Waals surface area contributed by atoms with E-state index in [1.807, 2.05) is 0 Å². The molecule has 3 aromatic rings. The Labute approximate surface area is 162 Å². The first-order valence-electron chi connectivity index (χ1n) is 7.71. The standard InChI is InChI=1S/C18H15BrN6O2/c19-10-4-5-14-12(7-10)13(16(26)27)8-15(24-14)9-2-1-3-11(6-9)23-18(22)25-17(20)21/h1-8H,(H,26,27)(H6,20,21,22,23,25). The molecule has 0 aliphatic rings. The molecule has 0 aliphatic heterocycles. The third-order valence-corrected chi connectivity index (χ3v) is 4.12. The Morgan fingerprint density at radius 2 is 1.85 bits per heavy atom. The van der Waals surface area contributed by atoms with Crippen molar-refractivity contribution in [3.63, 3.8) is 0 Å². The Bertz CT molecular complexity index is 1110. The number of nitrogens with two attached hydrogens (primary N) is 3. The fraction of sp³-hybridized carbons (Fsp3) is 0. The van der Waals surface area contributed by atoms with Gasteiger partial charge >= 0.3 is 5.97 Å². The minimum absolute atomic E-state index is 0.0882. The molecule has 0 radical (unpaired) electrons. The van der Waals surface area contributed by atoms with Crippen LogP contribution < -0.4 is 17.2 Å². The van der Waals surface area contributed by atoms with E-state index < -0.39 is 5.97 Å². The molecule has 9 heteroatoms. The minimum Gasteiger partial charge on any atom is -0.478 e. The molecule has 2 aromatic carbocycles. The van der Waals surface area contributed by atoms with Crippen molar-refractivity contribution < 1.29 is 9.90 Å². The number of pyridine rings is 1. The number of carboxylic acids is 1. The number of nitrogens with zero attached hydrogens (tertiary/aromatic N) is 3. The van der Waals surface area contributed by atoms with Crippen LogP contribution in [0.2, 0.25) is 0 Å². The summed E-state index contributed by atoms with van der Waals surface area (Å²) in [6.07, 6.45) is 0. The van der Waals surface area contributed by atoms with Crippen LogP contribution in [0.5, 0.6) is 0 Å². The summed E-state index contributed by atoms with van der Waals surface area (Å²) in [5.74, 6) is -1.32. The van der Waals surface area contributed by atoms with Crippen LogP contribution in [0.4, 0.5) is 5.69 Å². The first-order valence-corrected chi connectivity index (χ1v) is 8.50. The van der Waals surface area contributed by atoms with E-state index in [0.29, 0.717) is 27.8 Å². The highest BCUT2D eigenvalue weighted by molar-refractivity contribution is 9.10. The van der Waals surface area contributed by atoms with Crippen LogP contribution in [0.3, 0.4) is 0 Å². The van der Waals surface area contributed by atoms with E-state index in [-0.39, 0.29) is 17.5 Å². The Morgan fingerprint density at radius 1 is 1.07 bits per heavy atom. The summed E-state index contributed by atoms with van der Waals surface area (Å²) in [5, 5.41) is 10.1. The molecule has 0 unspecified atom stereocenters. The molecule has 0 amide bonds. The van der Waals surface area contributed by atoms with Gasteiger partial charge in [-0.25, -0.2) is 14.8 Å². The van der Waals surface area contributed by atoms with Crippen molar-refractivity contribution in [2.45, 2.75) is 0 Å². The zero-order valence-electron chi connectivity index (χ0n) is 13.9. The first kappa shape index (κ1) is 18.3. The number of fused-ring (bicyclic) bond motifs is 1. The number of carbonyl (C=O) groups is 1. The van der Waals surface area contributed by atoms with Gasteiger partial charge in [-0.1, -0.05) is 28.1 Å². The Balaban J connectivity index is 2.13. The van der Waals surface area contributed by atoms with Crippen LogP contribution in [0, 0.1) is 0 Å². The van der Waals surface area contributed by atoms with E-state index in [4.69, 9.17) is 17.2 Å². The summed E-state index contributed by atoms with van der Waals surface area (Å²) < 4.78 is 0.776. The number of hydrogen-bond acceptors (Lipinski definition) is 3. The molecular weight excluding hydrogens is 412 g/mol. The zero-order valence-corrected chi connectivity index (χ0v) is 15.5. The number of aromatic carboxylic acids is 1. The smallest absolute Gasteiger partial charge is 0.336 e. The molecule has 1 aromatic heterocycles. The Morgan fingerprint density at radius 3 is 2.56 bits per heavy atom. The molecule has 0 aliphatic carbocycles. The van der Waals surface area contributed by atoms with Crippen molar-refractivity contribution >= 4 is 50.4 Å². The molecule has 0 bridgehead atoms. The molecule has 136 valence electrons. The van der Waals surface area contributed by atoms with E-state index in [0.717, 1.165) is 4.47 Å². The molecule has 8 nitrogen and oxygen atoms in total. The van der Waals surface area contributed by atoms with Crippen molar-refractivity contribution in [2.75, 3.05) is 0 Å². The van der Waals surface area contributed by atoms with Gasteiger partial charge in [0.15, 0.2) is 5.96 Å². The third-order valence-electron chi connectivity index (χ3n) is 3.63. The fourth-order valence-electron chi connectivity index (χ4n) is 2.55. The molecule has 0 saturated heterocycles. The highest BCUT2D eigenvalue weighted by Crippen LogP contribution is 2.29. The first-order chi connectivity index (χ1) is 12.8. The maximum Gasteiger partial charge on any atom is 0.336 e. The third kappa shape index (κ3) is 4.21. The SMILES string of the molecule is NC(N)=NC(N)=Nc1cccc(-c2cc(C(=O)O)c3cc(Br)ccc3n2)c1. The van der Waals surface area contributed by atoms with Crippen molar-refractivity contribution in [3.8, 4) is 11.3 Å². The number of hydrogen-bond donors (Lipinski definition) is 4. The van der Waals surface area contributed by atoms with E-state index in [2.05, 4.69) is 30.9 Å². The molecule has 3 rings (SSSR count). The topological polar surface area (TPSA) is 153 Å². The molecule has 1 heterocycles. The average Bonchev–Trinajstić information content (AvgIpc) is 2.60. The van der Waals surface area contributed by atoms with Crippen molar-refractivity contribution in [1.82, 2.24) is 4.98 Å². The van der Waals surface area contributed by atoms with E-state index in [1.165, 1.54) is 6.07 Å². The monoisotopic (exact) mass is 426 g/mol. The van der Waals surface area contributed by atoms with Gasteiger partial charge in [-0.2, -0.15) is 4.99 Å². The number of halogens is 1. The number of aliphatic imine (C=N–C) groups is 2. The lowest BCUT2D eigenvalue weighted by Crippen LogP contribution is -2.26. The number of benzene rings is 2. The Kier molecular flexibility index (Phi) is 5.04. The Hall–Kier alpha value is -3.46. The normalized spacial score (nSPS) is 11.4. The van der Waals surface area contributed by atoms with Gasteiger partial charge in [-0.3, -0.25) is 0 Å². The van der Waals surface area contributed by atoms with Crippen LogP contribution in [0.1, 0.15) is 10.4 Å². The molecule has 0 spiro atoms. The zero-order chi connectivity index (χ0) is 19.6. The summed E-state index contributed by atoms with van der Waals surface area (Å²) in [6, 6.07) is 13.8. The summed E-state index contributed by atoms with van der Waals surface area (Å²) in [4.78, 5) is 24.0. The van der Waals surface area contributed by atoms with Crippen molar-refractivity contribution in [3.05, 3.63) is 58.6 Å². The van der Waals surface area contributed by atoms with Gasteiger partial charge in [0, 0.05) is 15.4 Å². The number of guanidine groups is 2. The largest absolute Gasteiger partial charge is 0.478 e.